The van der Waals surface area contributed by atoms with Crippen molar-refractivity contribution in [2.75, 3.05) is 0 Å². The van der Waals surface area contributed by atoms with Gasteiger partial charge in [0.05, 0.1) is 6.10 Å². The maximum Gasteiger partial charge on any atom is 0.0568 e. The summed E-state index contributed by atoms with van der Waals surface area (Å²) in [5, 5.41) is 10.5. The zero-order chi connectivity index (χ0) is 21.0. The molecule has 4 aliphatic carbocycles. The fraction of sp³-hybridized carbons (Fsp3) is 1.00. The highest BCUT2D eigenvalue weighted by Gasteiger charge is 2.61. The molecule has 0 aromatic heterocycles. The first-order valence-corrected chi connectivity index (χ1v) is 13.4. The van der Waals surface area contributed by atoms with E-state index in [0.717, 1.165) is 47.8 Å². The van der Waals surface area contributed by atoms with Crippen LogP contribution < -0.4 is 0 Å². The monoisotopic (exact) mass is 402 g/mol. The van der Waals surface area contributed by atoms with Crippen LogP contribution in [0.5, 0.6) is 0 Å². The van der Waals surface area contributed by atoms with Gasteiger partial charge in [-0.3, -0.25) is 0 Å². The molecular weight excluding hydrogens is 352 g/mol. The molecule has 0 saturated heterocycles. The van der Waals surface area contributed by atoms with E-state index >= 15 is 0 Å². The van der Waals surface area contributed by atoms with Gasteiger partial charge < -0.3 is 5.11 Å². The summed E-state index contributed by atoms with van der Waals surface area (Å²) in [6.07, 6.45) is 15.4. The van der Waals surface area contributed by atoms with Gasteiger partial charge in [-0.25, -0.2) is 0 Å². The Kier molecular flexibility index (Phi) is 6.22. The molecule has 1 nitrogen and oxygen atoms in total. The van der Waals surface area contributed by atoms with E-state index in [9.17, 15) is 5.11 Å². The van der Waals surface area contributed by atoms with E-state index in [1.54, 1.807) is 0 Å². The van der Waals surface area contributed by atoms with E-state index in [0.29, 0.717) is 16.7 Å². The van der Waals surface area contributed by atoms with Crippen LogP contribution in [0.1, 0.15) is 112 Å². The van der Waals surface area contributed by atoms with Crippen LogP contribution in [0.2, 0.25) is 0 Å². The molecule has 0 aromatic rings. The van der Waals surface area contributed by atoms with Gasteiger partial charge in [0.25, 0.3) is 0 Å². The van der Waals surface area contributed by atoms with Gasteiger partial charge >= 0.3 is 0 Å². The lowest BCUT2D eigenvalue weighted by molar-refractivity contribution is -0.149. The van der Waals surface area contributed by atoms with Crippen LogP contribution in [-0.4, -0.2) is 11.2 Å². The maximum absolute atomic E-state index is 10.5. The predicted molar refractivity (Wildman–Crippen MR) is 124 cm³/mol. The molecule has 1 N–H and O–H groups in total. The summed E-state index contributed by atoms with van der Waals surface area (Å²) in [6.45, 7) is 15.0. The Morgan fingerprint density at radius 3 is 2.17 bits per heavy atom. The first-order valence-electron chi connectivity index (χ1n) is 13.4. The van der Waals surface area contributed by atoms with Crippen molar-refractivity contribution in [3.63, 3.8) is 0 Å². The van der Waals surface area contributed by atoms with Crippen LogP contribution in [0.25, 0.3) is 0 Å². The molecule has 29 heavy (non-hydrogen) atoms. The van der Waals surface area contributed by atoms with Crippen molar-refractivity contribution < 1.29 is 5.11 Å². The molecule has 4 saturated carbocycles. The van der Waals surface area contributed by atoms with Gasteiger partial charge in [-0.05, 0) is 110 Å². The van der Waals surface area contributed by atoms with Crippen LogP contribution in [0.3, 0.4) is 0 Å². The Bertz CT molecular complexity index is 569. The van der Waals surface area contributed by atoms with Crippen LogP contribution in [0.15, 0.2) is 0 Å². The molecular formula is C28H50O. The van der Waals surface area contributed by atoms with Crippen LogP contribution in [0, 0.1) is 58.2 Å². The summed E-state index contributed by atoms with van der Waals surface area (Å²) in [6, 6.07) is 0. The Morgan fingerprint density at radius 2 is 1.45 bits per heavy atom. The van der Waals surface area contributed by atoms with Crippen molar-refractivity contribution in [3.8, 4) is 0 Å². The van der Waals surface area contributed by atoms with Crippen molar-refractivity contribution in [2.45, 2.75) is 118 Å². The van der Waals surface area contributed by atoms with Crippen molar-refractivity contribution >= 4 is 0 Å². The summed E-state index contributed by atoms with van der Waals surface area (Å²) < 4.78 is 0. The Balaban J connectivity index is 1.48. The molecule has 0 radical (unpaired) electrons. The number of rotatable bonds is 5. The average molecular weight is 403 g/mol. The lowest BCUT2D eigenvalue weighted by Gasteiger charge is -2.62. The second-order valence-electron chi connectivity index (χ2n) is 13.1. The molecule has 168 valence electrons. The number of aliphatic hydroxyl groups is 1. The highest BCUT2D eigenvalue weighted by Crippen LogP contribution is 2.68. The SMILES string of the molecule is CC(C)CCC[C@@H](C)[C@@H]1CC[C@@H]2[C@H]3CC[C@H]4[C@H](C)[C@@H](O)CC[C@]4(C)[C@@H]3CC[C@]21C. The van der Waals surface area contributed by atoms with E-state index in [4.69, 9.17) is 0 Å². The van der Waals surface area contributed by atoms with Gasteiger partial charge in [0.15, 0.2) is 0 Å². The fourth-order valence-corrected chi connectivity index (χ4v) is 9.73. The second kappa shape index (κ2) is 8.14. The van der Waals surface area contributed by atoms with Crippen LogP contribution in [0.4, 0.5) is 0 Å². The van der Waals surface area contributed by atoms with Gasteiger partial charge in [0, 0.05) is 0 Å². The summed E-state index contributed by atoms with van der Waals surface area (Å²) in [5.74, 6) is 6.92. The Hall–Kier alpha value is -0.0400. The highest BCUT2D eigenvalue weighted by molar-refractivity contribution is 5.10. The van der Waals surface area contributed by atoms with E-state index in [2.05, 4.69) is 41.5 Å². The quantitative estimate of drug-likeness (QED) is 0.499. The third-order valence-corrected chi connectivity index (χ3v) is 11.4. The molecule has 1 heteroatoms. The molecule has 0 amide bonds. The molecule has 4 rings (SSSR count). The van der Waals surface area contributed by atoms with E-state index in [1.165, 1.54) is 64.2 Å². The van der Waals surface area contributed by atoms with E-state index < -0.39 is 0 Å². The minimum absolute atomic E-state index is 0.0407. The van der Waals surface area contributed by atoms with Gasteiger partial charge in [-0.15, -0.1) is 0 Å². The van der Waals surface area contributed by atoms with E-state index in [1.807, 2.05) is 0 Å². The smallest absolute Gasteiger partial charge is 0.0568 e. The van der Waals surface area contributed by atoms with E-state index in [-0.39, 0.29) is 6.10 Å². The number of aliphatic hydroxyl groups excluding tert-OH is 1. The lowest BCUT2D eigenvalue weighted by atomic mass is 9.43. The first-order chi connectivity index (χ1) is 13.7. The highest BCUT2D eigenvalue weighted by atomic mass is 16.3. The predicted octanol–water partition coefficient (Wildman–Crippen LogP) is 7.71. The first kappa shape index (κ1) is 22.2. The molecule has 0 aliphatic heterocycles. The number of hydrogen-bond donors (Lipinski definition) is 1. The minimum atomic E-state index is -0.0407. The zero-order valence-corrected chi connectivity index (χ0v) is 20.4. The number of fused-ring (bicyclic) bond motifs is 5. The minimum Gasteiger partial charge on any atom is -0.393 e. The molecule has 0 unspecified atom stereocenters. The average Bonchev–Trinajstić information content (AvgIpc) is 3.02. The molecule has 10 atom stereocenters. The molecule has 0 aromatic carbocycles. The van der Waals surface area contributed by atoms with Crippen molar-refractivity contribution in [3.05, 3.63) is 0 Å². The van der Waals surface area contributed by atoms with Crippen molar-refractivity contribution in [1.29, 1.82) is 0 Å². The Labute approximate surface area is 181 Å². The molecule has 0 spiro atoms. The van der Waals surface area contributed by atoms with Crippen molar-refractivity contribution in [2.24, 2.45) is 58.2 Å². The Morgan fingerprint density at radius 1 is 0.793 bits per heavy atom. The topological polar surface area (TPSA) is 20.2 Å². The largest absolute Gasteiger partial charge is 0.393 e. The molecule has 0 heterocycles. The van der Waals surface area contributed by atoms with Gasteiger partial charge in [0.1, 0.15) is 0 Å². The fourth-order valence-electron chi connectivity index (χ4n) is 9.73. The van der Waals surface area contributed by atoms with Gasteiger partial charge in [0.2, 0.25) is 0 Å². The summed E-state index contributed by atoms with van der Waals surface area (Å²) in [7, 11) is 0. The van der Waals surface area contributed by atoms with Gasteiger partial charge in [-0.1, -0.05) is 60.8 Å². The maximum atomic E-state index is 10.5. The summed E-state index contributed by atoms with van der Waals surface area (Å²) in [4.78, 5) is 0. The van der Waals surface area contributed by atoms with Gasteiger partial charge in [-0.2, -0.15) is 0 Å². The summed E-state index contributed by atoms with van der Waals surface area (Å²) >= 11 is 0. The standard InChI is InChI=1S/C28H50O/c1-18(2)8-7-9-19(3)22-12-13-24-21-10-11-23-20(4)26(29)15-17-28(23,6)25(21)14-16-27(22,24)5/h18-26,29H,7-17H2,1-6H3/t19-,20+,21-,22+,23+,24-,25-,26+,27+,28+/m1/s1. The second-order valence-corrected chi connectivity index (χ2v) is 13.1. The zero-order valence-electron chi connectivity index (χ0n) is 20.4. The van der Waals surface area contributed by atoms with Crippen LogP contribution >= 0.6 is 0 Å². The summed E-state index contributed by atoms with van der Waals surface area (Å²) in [5.41, 5.74) is 1.12. The molecule has 4 fully saturated rings. The molecule has 4 aliphatic rings. The number of hydrogen-bond acceptors (Lipinski definition) is 1. The molecule has 0 bridgehead atoms. The van der Waals surface area contributed by atoms with Crippen molar-refractivity contribution in [1.82, 2.24) is 0 Å². The van der Waals surface area contributed by atoms with Crippen LogP contribution in [-0.2, 0) is 0 Å². The third kappa shape index (κ3) is 3.64. The lowest BCUT2D eigenvalue weighted by Crippen LogP contribution is -2.56. The normalized spacial score (nSPS) is 50.7. The third-order valence-electron chi connectivity index (χ3n) is 11.4.